The molecule has 2 saturated heterocycles. The number of aliphatic hydroxyl groups excluding tert-OH is 8. The van der Waals surface area contributed by atoms with E-state index in [1.165, 1.54) is 0 Å². The van der Waals surface area contributed by atoms with Crippen LogP contribution in [-0.4, -0.2) is 155 Å². The second-order valence-electron chi connectivity index (χ2n) is 7.99. The third-order valence-corrected chi connectivity index (χ3v) is 5.33. The molecular weight excluding hydrogens is 464 g/mol. The zero-order valence-corrected chi connectivity index (χ0v) is 18.7. The van der Waals surface area contributed by atoms with Crippen LogP contribution in [-0.2, 0) is 28.4 Å². The van der Waals surface area contributed by atoms with Gasteiger partial charge in [-0.15, -0.1) is 0 Å². The van der Waals surface area contributed by atoms with E-state index in [2.05, 4.69) is 6.58 Å². The van der Waals surface area contributed by atoms with Crippen molar-refractivity contribution in [2.45, 2.75) is 61.4 Å². The fourth-order valence-corrected chi connectivity index (χ4v) is 3.33. The number of hydrogen-bond donors (Lipinski definition) is 8. The number of hydrogen-bond acceptors (Lipinski definition) is 14. The highest BCUT2D eigenvalue weighted by Gasteiger charge is 2.44. The molecule has 0 aromatic heterocycles. The minimum atomic E-state index is -1.52. The van der Waals surface area contributed by atoms with Crippen molar-refractivity contribution in [1.29, 1.82) is 0 Å². The maximum atomic E-state index is 9.87. The van der Waals surface area contributed by atoms with Crippen molar-refractivity contribution in [3.05, 3.63) is 12.2 Å². The van der Waals surface area contributed by atoms with Gasteiger partial charge in [0, 0.05) is 0 Å². The van der Waals surface area contributed by atoms with Gasteiger partial charge < -0.3 is 69.3 Å². The molecule has 14 nitrogen and oxygen atoms in total. The topological polar surface area (TPSA) is 217 Å². The van der Waals surface area contributed by atoms with Crippen LogP contribution in [0.1, 0.15) is 0 Å². The highest BCUT2D eigenvalue weighted by Crippen LogP contribution is 2.22. The maximum Gasteiger partial charge on any atom is 0.186 e. The molecule has 0 aromatic carbocycles. The molecule has 0 saturated carbocycles. The summed E-state index contributed by atoms with van der Waals surface area (Å²) in [5, 5.41) is 76.9. The average Bonchev–Trinajstić information content (AvgIpc) is 2.83. The van der Waals surface area contributed by atoms with E-state index in [1.807, 2.05) is 0 Å². The largest absolute Gasteiger partial charge is 0.394 e. The summed E-state index contributed by atoms with van der Waals surface area (Å²) in [5.41, 5.74) is 0.598. The summed E-state index contributed by atoms with van der Waals surface area (Å²) in [7, 11) is 0. The summed E-state index contributed by atoms with van der Waals surface area (Å²) >= 11 is 0. The van der Waals surface area contributed by atoms with E-state index in [4.69, 9.17) is 38.6 Å². The molecule has 10 atom stereocenters. The lowest BCUT2D eigenvalue weighted by Crippen LogP contribution is -2.59. The van der Waals surface area contributed by atoms with Crippen molar-refractivity contribution in [3.63, 3.8) is 0 Å². The predicted molar refractivity (Wildman–Crippen MR) is 110 cm³/mol. The molecule has 8 N–H and O–H groups in total. The molecule has 2 rings (SSSR count). The van der Waals surface area contributed by atoms with Crippen LogP contribution in [0, 0.1) is 0 Å². The SMILES string of the molecule is C=C(COCCO[C@H]1O[C@H](CO)[C@@H](O)[C@H](O)[C@@H]1O)COCCO[C@H]1O[C@H](CO)[C@@H](O)[C@H](O)[C@@H]1O. The summed E-state index contributed by atoms with van der Waals surface area (Å²) in [5.74, 6) is 0. The van der Waals surface area contributed by atoms with Gasteiger partial charge in [0.2, 0.25) is 0 Å². The van der Waals surface area contributed by atoms with Crippen molar-refractivity contribution in [1.82, 2.24) is 0 Å². The monoisotopic (exact) mass is 500 g/mol. The molecule has 0 spiro atoms. The van der Waals surface area contributed by atoms with Crippen LogP contribution >= 0.6 is 0 Å². The van der Waals surface area contributed by atoms with Crippen LogP contribution in [0.25, 0.3) is 0 Å². The number of ether oxygens (including phenoxy) is 6. The first-order valence-corrected chi connectivity index (χ1v) is 10.9. The molecule has 2 aliphatic rings. The quantitative estimate of drug-likeness (QED) is 0.0829. The molecule has 34 heavy (non-hydrogen) atoms. The fraction of sp³-hybridized carbons (Fsp3) is 0.900. The van der Waals surface area contributed by atoms with E-state index in [0.29, 0.717) is 5.57 Å². The van der Waals surface area contributed by atoms with Gasteiger partial charge in [-0.2, -0.15) is 0 Å². The van der Waals surface area contributed by atoms with E-state index >= 15 is 0 Å². The molecule has 0 radical (unpaired) electrons. The molecule has 0 bridgehead atoms. The van der Waals surface area contributed by atoms with Gasteiger partial charge in [-0.25, -0.2) is 0 Å². The van der Waals surface area contributed by atoms with Crippen molar-refractivity contribution in [2.75, 3.05) is 52.9 Å². The van der Waals surface area contributed by atoms with Crippen molar-refractivity contribution < 1.29 is 69.3 Å². The smallest absolute Gasteiger partial charge is 0.186 e. The zero-order valence-electron chi connectivity index (χ0n) is 18.7. The van der Waals surface area contributed by atoms with Crippen molar-refractivity contribution in [3.8, 4) is 0 Å². The second-order valence-corrected chi connectivity index (χ2v) is 7.99. The molecule has 14 heteroatoms. The minimum absolute atomic E-state index is 0.00374. The standard InChI is InChI=1S/C20H36O14/c1-10(8-29-2-4-31-19-17(27)15(25)13(23)11(6-21)33-19)9-30-3-5-32-20-18(28)16(26)14(24)12(7-22)34-20/h11-28H,1-9H2/t11-,12-,13-,14-,15+,16+,17+,18+,19+,20+/m1/s1. The van der Waals surface area contributed by atoms with Crippen LogP contribution in [0.4, 0.5) is 0 Å². The van der Waals surface area contributed by atoms with Crippen molar-refractivity contribution >= 4 is 0 Å². The van der Waals surface area contributed by atoms with Gasteiger partial charge in [-0.3, -0.25) is 0 Å². The van der Waals surface area contributed by atoms with E-state index in [-0.39, 0.29) is 39.6 Å². The Morgan fingerprint density at radius 1 is 0.588 bits per heavy atom. The summed E-state index contributed by atoms with van der Waals surface area (Å²) in [6, 6.07) is 0. The first-order chi connectivity index (χ1) is 16.2. The molecule has 0 amide bonds. The van der Waals surface area contributed by atoms with Gasteiger partial charge in [0.15, 0.2) is 12.6 Å². The summed E-state index contributed by atoms with van der Waals surface area (Å²) in [6.07, 6.45) is -13.5. The van der Waals surface area contributed by atoms with Crippen molar-refractivity contribution in [2.24, 2.45) is 0 Å². The molecule has 0 aromatic rings. The molecule has 2 heterocycles. The molecule has 2 aliphatic heterocycles. The van der Waals surface area contributed by atoms with E-state index in [1.54, 1.807) is 0 Å². The van der Waals surface area contributed by atoms with Gasteiger partial charge in [-0.05, 0) is 5.57 Å². The average molecular weight is 500 g/mol. The lowest BCUT2D eigenvalue weighted by Gasteiger charge is -2.39. The van der Waals surface area contributed by atoms with Gasteiger partial charge in [0.05, 0.1) is 52.9 Å². The second kappa shape index (κ2) is 14.7. The number of aliphatic hydroxyl groups is 8. The summed E-state index contributed by atoms with van der Waals surface area (Å²) in [6.45, 7) is 3.21. The highest BCUT2D eigenvalue weighted by molar-refractivity contribution is 4.94. The summed E-state index contributed by atoms with van der Waals surface area (Å²) in [4.78, 5) is 0. The Morgan fingerprint density at radius 3 is 1.32 bits per heavy atom. The predicted octanol–water partition coefficient (Wildman–Crippen LogP) is -4.79. The van der Waals surface area contributed by atoms with E-state index in [9.17, 15) is 30.6 Å². The highest BCUT2D eigenvalue weighted by atomic mass is 16.7. The Morgan fingerprint density at radius 2 is 0.971 bits per heavy atom. The van der Waals surface area contributed by atoms with Gasteiger partial charge in [0.1, 0.15) is 48.8 Å². The Labute approximate surface area is 196 Å². The van der Waals surface area contributed by atoms with Gasteiger partial charge in [-0.1, -0.05) is 6.58 Å². The molecule has 0 aliphatic carbocycles. The molecular formula is C20H36O14. The lowest BCUT2D eigenvalue weighted by molar-refractivity contribution is -0.302. The van der Waals surface area contributed by atoms with Gasteiger partial charge in [0.25, 0.3) is 0 Å². The van der Waals surface area contributed by atoms with E-state index < -0.39 is 74.6 Å². The third kappa shape index (κ3) is 8.11. The molecule has 2 fully saturated rings. The Bertz CT molecular complexity index is 542. The number of rotatable bonds is 14. The van der Waals surface area contributed by atoms with Crippen LogP contribution in [0.5, 0.6) is 0 Å². The van der Waals surface area contributed by atoms with E-state index in [0.717, 1.165) is 0 Å². The Balaban J connectivity index is 1.53. The Kier molecular flexibility index (Phi) is 12.7. The van der Waals surface area contributed by atoms with Crippen LogP contribution < -0.4 is 0 Å². The third-order valence-electron chi connectivity index (χ3n) is 5.33. The minimum Gasteiger partial charge on any atom is -0.394 e. The normalized spacial score (nSPS) is 38.7. The van der Waals surface area contributed by atoms with Gasteiger partial charge >= 0.3 is 0 Å². The maximum absolute atomic E-state index is 9.87. The zero-order chi connectivity index (χ0) is 25.3. The van der Waals surface area contributed by atoms with Crippen LogP contribution in [0.2, 0.25) is 0 Å². The molecule has 0 unspecified atom stereocenters. The fourth-order valence-electron chi connectivity index (χ4n) is 3.33. The summed E-state index contributed by atoms with van der Waals surface area (Å²) < 4.78 is 31.8. The van der Waals surface area contributed by atoms with Crippen LogP contribution in [0.3, 0.4) is 0 Å². The first kappa shape index (κ1) is 29.4. The lowest BCUT2D eigenvalue weighted by atomic mass is 9.99. The first-order valence-electron chi connectivity index (χ1n) is 10.9. The molecule has 200 valence electrons. The van der Waals surface area contributed by atoms with Crippen LogP contribution in [0.15, 0.2) is 12.2 Å². The Hall–Kier alpha value is -0.820.